The van der Waals surface area contributed by atoms with E-state index in [4.69, 9.17) is 11.6 Å². The normalized spacial score (nSPS) is 21.5. The number of likely N-dealkylation sites (N-methyl/N-ethyl adjacent to an activating group) is 1. The third-order valence-corrected chi connectivity index (χ3v) is 4.19. The van der Waals surface area contributed by atoms with E-state index in [0.29, 0.717) is 6.04 Å². The first-order chi connectivity index (χ1) is 9.09. The number of piperidine rings is 1. The predicted octanol–water partition coefficient (Wildman–Crippen LogP) is 2.52. The van der Waals surface area contributed by atoms with Gasteiger partial charge in [0, 0.05) is 19.1 Å². The Morgan fingerprint density at radius 1 is 1.37 bits per heavy atom. The number of halogens is 1. The summed E-state index contributed by atoms with van der Waals surface area (Å²) in [6.07, 6.45) is 2.20. The van der Waals surface area contributed by atoms with Crippen molar-refractivity contribution in [2.45, 2.75) is 24.3 Å². The van der Waals surface area contributed by atoms with Crippen molar-refractivity contribution in [1.29, 1.82) is 0 Å². The number of hydrogen-bond donors (Lipinski definition) is 0. The molecule has 0 spiro atoms. The fourth-order valence-electron chi connectivity index (χ4n) is 2.50. The molecule has 4 heteroatoms. The summed E-state index contributed by atoms with van der Waals surface area (Å²) in [7, 11) is 4.13. The highest BCUT2D eigenvalue weighted by Crippen LogP contribution is 2.25. The maximum absolute atomic E-state index is 12.4. The molecule has 1 amide bonds. The van der Waals surface area contributed by atoms with E-state index in [9.17, 15) is 4.79 Å². The first kappa shape index (κ1) is 14.4. The van der Waals surface area contributed by atoms with Crippen LogP contribution in [-0.2, 0) is 4.79 Å². The Labute approximate surface area is 120 Å². The van der Waals surface area contributed by atoms with Crippen LogP contribution in [0.4, 0.5) is 0 Å². The van der Waals surface area contributed by atoms with Gasteiger partial charge in [-0.05, 0) is 32.5 Å². The minimum atomic E-state index is -0.567. The van der Waals surface area contributed by atoms with Crippen LogP contribution in [0.3, 0.4) is 0 Å². The monoisotopic (exact) mass is 280 g/mol. The third-order valence-electron chi connectivity index (χ3n) is 3.75. The molecule has 0 saturated carbocycles. The summed E-state index contributed by atoms with van der Waals surface area (Å²) in [4.78, 5) is 16.5. The van der Waals surface area contributed by atoms with Crippen LogP contribution in [0.1, 0.15) is 23.8 Å². The van der Waals surface area contributed by atoms with Gasteiger partial charge in [-0.2, -0.15) is 0 Å². The van der Waals surface area contributed by atoms with Gasteiger partial charge in [-0.3, -0.25) is 4.79 Å². The van der Waals surface area contributed by atoms with E-state index in [0.717, 1.165) is 31.5 Å². The second kappa shape index (κ2) is 6.40. The summed E-state index contributed by atoms with van der Waals surface area (Å²) in [6, 6.07) is 10.0. The Morgan fingerprint density at radius 2 is 2.05 bits per heavy atom. The lowest BCUT2D eigenvalue weighted by atomic mass is 10.0. The Bertz CT molecular complexity index is 421. The van der Waals surface area contributed by atoms with Gasteiger partial charge in [0.1, 0.15) is 5.38 Å². The van der Waals surface area contributed by atoms with Crippen molar-refractivity contribution in [1.82, 2.24) is 9.80 Å². The van der Waals surface area contributed by atoms with Crippen LogP contribution in [0, 0.1) is 0 Å². The van der Waals surface area contributed by atoms with Crippen molar-refractivity contribution in [2.24, 2.45) is 0 Å². The van der Waals surface area contributed by atoms with Crippen LogP contribution < -0.4 is 0 Å². The van der Waals surface area contributed by atoms with Gasteiger partial charge in [-0.15, -0.1) is 11.6 Å². The molecule has 19 heavy (non-hydrogen) atoms. The van der Waals surface area contributed by atoms with Crippen LogP contribution in [0.15, 0.2) is 30.3 Å². The molecule has 1 aromatic rings. The van der Waals surface area contributed by atoms with Gasteiger partial charge >= 0.3 is 0 Å². The van der Waals surface area contributed by atoms with Crippen molar-refractivity contribution in [3.63, 3.8) is 0 Å². The number of nitrogens with zero attached hydrogens (tertiary/aromatic N) is 2. The van der Waals surface area contributed by atoms with Gasteiger partial charge in [0.25, 0.3) is 0 Å². The van der Waals surface area contributed by atoms with E-state index in [1.54, 1.807) is 0 Å². The molecule has 2 atom stereocenters. The molecule has 0 N–H and O–H groups in total. The lowest BCUT2D eigenvalue weighted by Crippen LogP contribution is -2.48. The molecular weight excluding hydrogens is 260 g/mol. The molecule has 1 saturated heterocycles. The molecule has 2 unspecified atom stereocenters. The predicted molar refractivity (Wildman–Crippen MR) is 78.3 cm³/mol. The van der Waals surface area contributed by atoms with Crippen LogP contribution >= 0.6 is 11.6 Å². The maximum atomic E-state index is 12.4. The van der Waals surface area contributed by atoms with Gasteiger partial charge in [-0.1, -0.05) is 30.3 Å². The topological polar surface area (TPSA) is 23.6 Å². The molecule has 0 bridgehead atoms. The van der Waals surface area contributed by atoms with E-state index in [2.05, 4.69) is 19.0 Å². The molecule has 1 aliphatic rings. The summed E-state index contributed by atoms with van der Waals surface area (Å²) >= 11 is 6.31. The van der Waals surface area contributed by atoms with E-state index in [1.807, 2.05) is 35.2 Å². The molecule has 2 rings (SSSR count). The average molecular weight is 281 g/mol. The zero-order valence-corrected chi connectivity index (χ0v) is 12.3. The molecular formula is C15H21ClN2O. The second-order valence-electron chi connectivity index (χ2n) is 5.32. The number of hydrogen-bond acceptors (Lipinski definition) is 2. The highest BCUT2D eigenvalue weighted by atomic mass is 35.5. The number of benzene rings is 1. The van der Waals surface area contributed by atoms with Crippen LogP contribution in [0.5, 0.6) is 0 Å². The van der Waals surface area contributed by atoms with E-state index >= 15 is 0 Å². The molecule has 3 nitrogen and oxygen atoms in total. The zero-order chi connectivity index (χ0) is 13.8. The minimum absolute atomic E-state index is 0.0272. The molecule has 1 aromatic carbocycles. The second-order valence-corrected chi connectivity index (χ2v) is 5.75. The Kier molecular flexibility index (Phi) is 4.83. The smallest absolute Gasteiger partial charge is 0.245 e. The highest BCUT2D eigenvalue weighted by molar-refractivity contribution is 6.30. The van der Waals surface area contributed by atoms with E-state index in [1.165, 1.54) is 0 Å². The summed E-state index contributed by atoms with van der Waals surface area (Å²) in [5.74, 6) is 0.0272. The number of carbonyl (C=O) groups is 1. The van der Waals surface area contributed by atoms with E-state index < -0.39 is 5.38 Å². The fraction of sp³-hybridized carbons (Fsp3) is 0.533. The van der Waals surface area contributed by atoms with Gasteiger partial charge in [0.05, 0.1) is 0 Å². The van der Waals surface area contributed by atoms with Gasteiger partial charge in [0.15, 0.2) is 0 Å². The summed E-state index contributed by atoms with van der Waals surface area (Å²) in [5, 5.41) is -0.567. The number of alkyl halides is 1. The minimum Gasteiger partial charge on any atom is -0.340 e. The lowest BCUT2D eigenvalue weighted by Gasteiger charge is -2.37. The Hall–Kier alpha value is -1.06. The standard InChI is InChI=1S/C15H21ClN2O/c1-17(2)13-9-6-10-18(11-13)15(19)14(16)12-7-4-3-5-8-12/h3-5,7-8,13-14H,6,9-11H2,1-2H3. The average Bonchev–Trinajstić information content (AvgIpc) is 2.46. The van der Waals surface area contributed by atoms with Crippen molar-refractivity contribution in [3.8, 4) is 0 Å². The summed E-state index contributed by atoms with van der Waals surface area (Å²) < 4.78 is 0. The van der Waals surface area contributed by atoms with Gasteiger partial charge in [-0.25, -0.2) is 0 Å². The molecule has 0 aliphatic carbocycles. The third kappa shape index (κ3) is 3.48. The molecule has 104 valence electrons. The number of amides is 1. The largest absolute Gasteiger partial charge is 0.340 e. The van der Waals surface area contributed by atoms with Gasteiger partial charge in [0.2, 0.25) is 5.91 Å². The SMILES string of the molecule is CN(C)C1CCCN(C(=O)C(Cl)c2ccccc2)C1. The Morgan fingerprint density at radius 3 is 2.68 bits per heavy atom. The van der Waals surface area contributed by atoms with Crippen molar-refractivity contribution >= 4 is 17.5 Å². The molecule has 0 radical (unpaired) electrons. The molecule has 1 aliphatic heterocycles. The van der Waals surface area contributed by atoms with Gasteiger partial charge < -0.3 is 9.80 Å². The van der Waals surface area contributed by atoms with Crippen LogP contribution in [-0.4, -0.2) is 48.9 Å². The maximum Gasteiger partial charge on any atom is 0.245 e. The number of likely N-dealkylation sites (tertiary alicyclic amines) is 1. The first-order valence-electron chi connectivity index (χ1n) is 6.74. The number of carbonyl (C=O) groups excluding carboxylic acids is 1. The summed E-state index contributed by atoms with van der Waals surface area (Å²) in [6.45, 7) is 1.60. The lowest BCUT2D eigenvalue weighted by molar-refractivity contribution is -0.132. The molecule has 0 aromatic heterocycles. The molecule has 1 heterocycles. The zero-order valence-electron chi connectivity index (χ0n) is 11.6. The van der Waals surface area contributed by atoms with Crippen molar-refractivity contribution < 1.29 is 4.79 Å². The molecule has 1 fully saturated rings. The quantitative estimate of drug-likeness (QED) is 0.795. The van der Waals surface area contributed by atoms with Crippen molar-refractivity contribution in [3.05, 3.63) is 35.9 Å². The summed E-state index contributed by atoms with van der Waals surface area (Å²) in [5.41, 5.74) is 0.876. The number of rotatable bonds is 3. The van der Waals surface area contributed by atoms with Crippen LogP contribution in [0.2, 0.25) is 0 Å². The Balaban J connectivity index is 2.03. The van der Waals surface area contributed by atoms with Crippen molar-refractivity contribution in [2.75, 3.05) is 27.2 Å². The highest BCUT2D eigenvalue weighted by Gasteiger charge is 2.29. The first-order valence-corrected chi connectivity index (χ1v) is 7.17. The van der Waals surface area contributed by atoms with E-state index in [-0.39, 0.29) is 5.91 Å². The van der Waals surface area contributed by atoms with Crippen LogP contribution in [0.25, 0.3) is 0 Å². The fourth-order valence-corrected chi connectivity index (χ4v) is 2.78.